The van der Waals surface area contributed by atoms with Crippen LogP contribution in [0, 0.1) is 0 Å². The van der Waals surface area contributed by atoms with Crippen LogP contribution in [0.15, 0.2) is 97.1 Å². The van der Waals surface area contributed by atoms with Crippen LogP contribution in [-0.4, -0.2) is 0 Å². The molecule has 0 saturated carbocycles. The lowest BCUT2D eigenvalue weighted by molar-refractivity contribution is 1.63. The number of hydrogen-bond donors (Lipinski definition) is 0. The van der Waals surface area contributed by atoms with Crippen LogP contribution in [0.2, 0.25) is 0 Å². The summed E-state index contributed by atoms with van der Waals surface area (Å²) in [6.07, 6.45) is 0. The van der Waals surface area contributed by atoms with Gasteiger partial charge in [0, 0.05) is 0 Å². The molecule has 0 N–H and O–H groups in total. The molecule has 0 saturated heterocycles. The van der Waals surface area contributed by atoms with Gasteiger partial charge in [-0.3, -0.25) is 0 Å². The number of benzene rings is 2. The van der Waals surface area contributed by atoms with Crippen LogP contribution in [0.3, 0.4) is 0 Å². The zero-order chi connectivity index (χ0) is 14.8. The van der Waals surface area contributed by atoms with Gasteiger partial charge in [-0.1, -0.05) is 78.9 Å². The van der Waals surface area contributed by atoms with Gasteiger partial charge in [-0.15, -0.1) is 0 Å². The first-order valence-electron chi connectivity index (χ1n) is 7.55. The SMILES string of the molecule is c1ccc(-c2cc3cccc-3cc(-c3ccccc3)c2)cc1. The Balaban J connectivity index is 1.98. The Morgan fingerprint density at radius 3 is 1.09 bits per heavy atom. The van der Waals surface area contributed by atoms with E-state index in [1.807, 2.05) is 0 Å². The average molecular weight is 280 g/mol. The quantitative estimate of drug-likeness (QED) is 0.414. The number of hydrogen-bond acceptors (Lipinski definition) is 0. The Bertz CT molecular complexity index is 789. The predicted molar refractivity (Wildman–Crippen MR) is 93.9 cm³/mol. The van der Waals surface area contributed by atoms with E-state index >= 15 is 0 Å². The Kier molecular flexibility index (Phi) is 3.21. The van der Waals surface area contributed by atoms with Crippen LogP contribution in [0.25, 0.3) is 33.4 Å². The smallest absolute Gasteiger partial charge is 0.0172 e. The van der Waals surface area contributed by atoms with Crippen molar-refractivity contribution in [1.29, 1.82) is 0 Å². The molecular weight excluding hydrogens is 264 g/mol. The van der Waals surface area contributed by atoms with Crippen LogP contribution in [0.4, 0.5) is 0 Å². The standard InChI is InChI=1S/C22H16/c1-3-8-17(9-4-1)21-14-19-12-7-13-20(19)15-22(16-21)18-10-5-2-6-11-18/h1-16H. The molecule has 0 radical (unpaired) electrons. The molecule has 22 heavy (non-hydrogen) atoms. The van der Waals surface area contributed by atoms with E-state index in [4.69, 9.17) is 0 Å². The van der Waals surface area contributed by atoms with Gasteiger partial charge < -0.3 is 0 Å². The first kappa shape index (κ1) is 12.8. The molecule has 2 aromatic carbocycles. The maximum absolute atomic E-state index is 2.28. The second-order valence-electron chi connectivity index (χ2n) is 5.51. The minimum atomic E-state index is 1.25. The largest absolute Gasteiger partial charge is 0.0622 e. The molecule has 0 unspecified atom stereocenters. The molecule has 2 aromatic rings. The van der Waals surface area contributed by atoms with Crippen molar-refractivity contribution in [1.82, 2.24) is 0 Å². The van der Waals surface area contributed by atoms with Gasteiger partial charge in [0.15, 0.2) is 0 Å². The first-order chi connectivity index (χ1) is 10.9. The summed E-state index contributed by atoms with van der Waals surface area (Å²) in [5.74, 6) is 0. The zero-order valence-electron chi connectivity index (χ0n) is 12.2. The lowest BCUT2D eigenvalue weighted by Gasteiger charge is -2.02. The molecule has 2 aliphatic carbocycles. The van der Waals surface area contributed by atoms with Gasteiger partial charge in [0.05, 0.1) is 0 Å². The van der Waals surface area contributed by atoms with E-state index in [0.717, 1.165) is 0 Å². The summed E-state index contributed by atoms with van der Waals surface area (Å²) in [5.41, 5.74) is 7.56. The summed E-state index contributed by atoms with van der Waals surface area (Å²) in [6, 6.07) is 34.4. The van der Waals surface area contributed by atoms with E-state index in [9.17, 15) is 0 Å². The molecule has 2 aliphatic rings. The van der Waals surface area contributed by atoms with E-state index in [1.165, 1.54) is 33.4 Å². The highest BCUT2D eigenvalue weighted by molar-refractivity contribution is 5.81. The van der Waals surface area contributed by atoms with Gasteiger partial charge in [0.1, 0.15) is 0 Å². The number of fused-ring (bicyclic) bond motifs is 1. The van der Waals surface area contributed by atoms with Gasteiger partial charge >= 0.3 is 0 Å². The van der Waals surface area contributed by atoms with E-state index < -0.39 is 0 Å². The third kappa shape index (κ3) is 2.40. The van der Waals surface area contributed by atoms with Crippen LogP contribution >= 0.6 is 0 Å². The third-order valence-corrected chi connectivity index (χ3v) is 4.03. The molecule has 4 rings (SSSR count). The molecule has 0 aliphatic heterocycles. The van der Waals surface area contributed by atoms with Gasteiger partial charge in [0.25, 0.3) is 0 Å². The summed E-state index contributed by atoms with van der Waals surface area (Å²) in [4.78, 5) is 0. The molecule has 0 amide bonds. The topological polar surface area (TPSA) is 0 Å². The van der Waals surface area contributed by atoms with Crippen molar-refractivity contribution in [3.63, 3.8) is 0 Å². The van der Waals surface area contributed by atoms with Crippen molar-refractivity contribution in [3.05, 3.63) is 97.1 Å². The van der Waals surface area contributed by atoms with Crippen molar-refractivity contribution in [2.24, 2.45) is 0 Å². The summed E-state index contributed by atoms with van der Waals surface area (Å²) in [5, 5.41) is 0. The second kappa shape index (κ2) is 5.50. The molecule has 0 bridgehead atoms. The maximum Gasteiger partial charge on any atom is -0.0172 e. The van der Waals surface area contributed by atoms with Crippen molar-refractivity contribution < 1.29 is 0 Å². The Hall–Kier alpha value is -2.86. The Morgan fingerprint density at radius 1 is 0.273 bits per heavy atom. The third-order valence-electron chi connectivity index (χ3n) is 4.03. The molecule has 0 aromatic heterocycles. The predicted octanol–water partition coefficient (Wildman–Crippen LogP) is 6.13. The fourth-order valence-corrected chi connectivity index (χ4v) is 2.89. The molecule has 0 heteroatoms. The monoisotopic (exact) mass is 280 g/mol. The molecule has 0 fully saturated rings. The molecule has 104 valence electrons. The number of rotatable bonds is 2. The molecule has 0 nitrogen and oxygen atoms in total. The van der Waals surface area contributed by atoms with Crippen LogP contribution in [0.1, 0.15) is 0 Å². The fourth-order valence-electron chi connectivity index (χ4n) is 2.89. The Morgan fingerprint density at radius 2 is 0.636 bits per heavy atom. The molecule has 0 atom stereocenters. The lowest BCUT2D eigenvalue weighted by Crippen LogP contribution is -1.76. The maximum atomic E-state index is 2.28. The normalized spacial score (nSPS) is 10.7. The highest BCUT2D eigenvalue weighted by atomic mass is 14.1. The van der Waals surface area contributed by atoms with Crippen molar-refractivity contribution >= 4 is 0 Å². The van der Waals surface area contributed by atoms with E-state index in [1.54, 1.807) is 0 Å². The van der Waals surface area contributed by atoms with E-state index in [0.29, 0.717) is 0 Å². The summed E-state index contributed by atoms with van der Waals surface area (Å²) < 4.78 is 0. The van der Waals surface area contributed by atoms with E-state index in [2.05, 4.69) is 97.1 Å². The molecule has 0 spiro atoms. The van der Waals surface area contributed by atoms with Crippen molar-refractivity contribution in [2.45, 2.75) is 0 Å². The van der Waals surface area contributed by atoms with E-state index in [-0.39, 0.29) is 0 Å². The van der Waals surface area contributed by atoms with Crippen molar-refractivity contribution in [3.8, 4) is 33.4 Å². The Labute approximate surface area is 131 Å². The van der Waals surface area contributed by atoms with Gasteiger partial charge in [0.2, 0.25) is 0 Å². The highest BCUT2D eigenvalue weighted by Crippen LogP contribution is 2.33. The average Bonchev–Trinajstić information content (AvgIpc) is 2.94. The minimum absolute atomic E-state index is 1.25. The first-order valence-corrected chi connectivity index (χ1v) is 7.55. The van der Waals surface area contributed by atoms with Crippen molar-refractivity contribution in [2.75, 3.05) is 0 Å². The lowest BCUT2D eigenvalue weighted by atomic mass is 10.0. The van der Waals surface area contributed by atoms with Crippen LogP contribution in [-0.2, 0) is 0 Å². The fraction of sp³-hybridized carbons (Fsp3) is 0. The van der Waals surface area contributed by atoms with Gasteiger partial charge in [-0.05, 0) is 51.6 Å². The van der Waals surface area contributed by atoms with Crippen LogP contribution < -0.4 is 0 Å². The van der Waals surface area contributed by atoms with Crippen LogP contribution in [0.5, 0.6) is 0 Å². The highest BCUT2D eigenvalue weighted by Gasteiger charge is 2.07. The molecular formula is C22H16. The summed E-state index contributed by atoms with van der Waals surface area (Å²) in [7, 11) is 0. The summed E-state index contributed by atoms with van der Waals surface area (Å²) in [6.45, 7) is 0. The van der Waals surface area contributed by atoms with Gasteiger partial charge in [-0.25, -0.2) is 0 Å². The summed E-state index contributed by atoms with van der Waals surface area (Å²) >= 11 is 0. The zero-order valence-corrected chi connectivity index (χ0v) is 12.2. The molecule has 0 heterocycles. The second-order valence-corrected chi connectivity index (χ2v) is 5.51. The minimum Gasteiger partial charge on any atom is -0.0622 e. The van der Waals surface area contributed by atoms with Gasteiger partial charge in [-0.2, -0.15) is 0 Å².